The molecule has 29 heavy (non-hydrogen) atoms. The van der Waals surface area contributed by atoms with Crippen LogP contribution in [0.3, 0.4) is 0 Å². The number of carboxylic acids is 1. The number of fused-ring (bicyclic) bond motifs is 1. The Morgan fingerprint density at radius 3 is 2.00 bits per heavy atom. The van der Waals surface area contributed by atoms with Crippen molar-refractivity contribution in [3.05, 3.63) is 22.0 Å². The van der Waals surface area contributed by atoms with E-state index in [1.54, 1.807) is 6.33 Å². The zero-order valence-electron chi connectivity index (χ0n) is 17.2. The van der Waals surface area contributed by atoms with Crippen molar-refractivity contribution in [3.8, 4) is 0 Å². The molecule has 0 spiro atoms. The fourth-order valence-electron chi connectivity index (χ4n) is 3.63. The number of unbranched alkanes of at least 4 members (excludes halogenated alkanes) is 12. The van der Waals surface area contributed by atoms with Gasteiger partial charge in [-0.2, -0.15) is 4.98 Å². The first-order valence-corrected chi connectivity index (χ1v) is 11.3. The van der Waals surface area contributed by atoms with Crippen LogP contribution in [0.15, 0.2) is 11.1 Å². The summed E-state index contributed by atoms with van der Waals surface area (Å²) in [4.78, 5) is 33.1. The van der Waals surface area contributed by atoms with Gasteiger partial charge in [-0.25, -0.2) is 4.98 Å². The molecule has 7 nitrogen and oxygen atoms in total. The maximum absolute atomic E-state index is 12.0. The monoisotopic (exact) mass is 424 g/mol. The maximum Gasteiger partial charge on any atom is 0.303 e. The van der Waals surface area contributed by atoms with Gasteiger partial charge >= 0.3 is 5.97 Å². The van der Waals surface area contributed by atoms with Gasteiger partial charge in [-0.15, -0.1) is 0 Å². The minimum absolute atomic E-state index is 0.0727. The first-order chi connectivity index (χ1) is 14.1. The van der Waals surface area contributed by atoms with Crippen LogP contribution in [0.2, 0.25) is 5.28 Å². The highest BCUT2D eigenvalue weighted by Crippen LogP contribution is 2.14. The van der Waals surface area contributed by atoms with Gasteiger partial charge in [0.05, 0.1) is 6.33 Å². The number of aliphatic carboxylic acids is 1. The van der Waals surface area contributed by atoms with Crippen LogP contribution in [0.1, 0.15) is 89.9 Å². The number of carboxylic acid groups (broad SMARTS) is 1. The Bertz CT molecular complexity index is 803. The van der Waals surface area contributed by atoms with Crippen molar-refractivity contribution >= 4 is 28.7 Å². The molecule has 0 saturated heterocycles. The first kappa shape index (κ1) is 23.4. The molecule has 2 heterocycles. The smallest absolute Gasteiger partial charge is 0.303 e. The van der Waals surface area contributed by atoms with Crippen molar-refractivity contribution in [2.24, 2.45) is 0 Å². The number of aryl methyl sites for hydroxylation is 1. The highest BCUT2D eigenvalue weighted by molar-refractivity contribution is 6.28. The normalized spacial score (nSPS) is 11.3. The minimum Gasteiger partial charge on any atom is -0.481 e. The van der Waals surface area contributed by atoms with E-state index >= 15 is 0 Å². The number of hydrogen-bond donors (Lipinski definition) is 2. The molecule has 0 amide bonds. The Morgan fingerprint density at radius 1 is 0.931 bits per heavy atom. The third-order valence-corrected chi connectivity index (χ3v) is 5.42. The summed E-state index contributed by atoms with van der Waals surface area (Å²) in [5, 5.41) is 8.65. The molecular formula is C21H33ClN4O3. The molecule has 0 atom stereocenters. The predicted octanol–water partition coefficient (Wildman–Crippen LogP) is 5.32. The van der Waals surface area contributed by atoms with Crippen LogP contribution in [-0.2, 0) is 11.3 Å². The van der Waals surface area contributed by atoms with E-state index in [4.69, 9.17) is 16.7 Å². The van der Waals surface area contributed by atoms with Gasteiger partial charge in [0.25, 0.3) is 5.56 Å². The third-order valence-electron chi connectivity index (χ3n) is 5.24. The first-order valence-electron chi connectivity index (χ1n) is 10.9. The van der Waals surface area contributed by atoms with E-state index in [9.17, 15) is 9.59 Å². The molecular weight excluding hydrogens is 392 g/mol. The molecule has 0 aliphatic rings. The van der Waals surface area contributed by atoms with Gasteiger partial charge < -0.3 is 9.67 Å². The van der Waals surface area contributed by atoms with Crippen LogP contribution in [-0.4, -0.2) is 30.6 Å². The number of H-pyrrole nitrogens is 1. The number of carbonyl (C=O) groups is 1. The molecule has 0 fully saturated rings. The van der Waals surface area contributed by atoms with Gasteiger partial charge in [0.15, 0.2) is 11.2 Å². The van der Waals surface area contributed by atoms with Crippen molar-refractivity contribution in [1.29, 1.82) is 0 Å². The lowest BCUT2D eigenvalue weighted by molar-refractivity contribution is -0.137. The number of aromatic nitrogens is 4. The van der Waals surface area contributed by atoms with Crippen molar-refractivity contribution in [1.82, 2.24) is 19.5 Å². The Labute approximate surface area is 176 Å². The number of nitrogens with one attached hydrogen (secondary N) is 1. The SMILES string of the molecule is O=C(O)CCCCCCCCCCCCCCCn1cnc2nc(Cl)[nH]c(=O)c21. The van der Waals surface area contributed by atoms with E-state index in [1.165, 1.54) is 51.4 Å². The van der Waals surface area contributed by atoms with E-state index in [0.717, 1.165) is 38.6 Å². The highest BCUT2D eigenvalue weighted by atomic mass is 35.5. The summed E-state index contributed by atoms with van der Waals surface area (Å²) in [5.41, 5.74) is 0.660. The Hall–Kier alpha value is -1.89. The number of rotatable bonds is 16. The van der Waals surface area contributed by atoms with Gasteiger partial charge in [-0.1, -0.05) is 70.6 Å². The molecule has 162 valence electrons. The average molecular weight is 425 g/mol. The van der Waals surface area contributed by atoms with Crippen molar-refractivity contribution in [2.45, 2.75) is 96.4 Å². The van der Waals surface area contributed by atoms with Gasteiger partial charge in [-0.05, 0) is 24.4 Å². The summed E-state index contributed by atoms with van der Waals surface area (Å²) in [6, 6.07) is 0. The average Bonchev–Trinajstić information content (AvgIpc) is 3.07. The largest absolute Gasteiger partial charge is 0.481 e. The summed E-state index contributed by atoms with van der Waals surface area (Å²) in [7, 11) is 0. The molecule has 0 radical (unpaired) electrons. The molecule has 0 saturated carbocycles. The topological polar surface area (TPSA) is 101 Å². The van der Waals surface area contributed by atoms with Gasteiger partial charge in [0.2, 0.25) is 5.28 Å². The molecule has 0 aliphatic heterocycles. The highest BCUT2D eigenvalue weighted by Gasteiger charge is 2.09. The second kappa shape index (κ2) is 13.4. The standard InChI is InChI=1S/C21H33ClN4O3/c22-21-24-19-18(20(29)25-21)26(16-23-19)15-13-11-9-7-5-3-1-2-4-6-8-10-12-14-17(27)28/h16H,1-15H2,(H,27,28)(H,24,25,29). The Morgan fingerprint density at radius 2 is 1.45 bits per heavy atom. The van der Waals surface area contributed by atoms with E-state index in [1.807, 2.05) is 4.57 Å². The Kier molecular flexibility index (Phi) is 10.8. The molecule has 0 aromatic carbocycles. The molecule has 2 aromatic rings. The van der Waals surface area contributed by atoms with Crippen molar-refractivity contribution in [2.75, 3.05) is 0 Å². The van der Waals surface area contributed by atoms with E-state index in [0.29, 0.717) is 17.6 Å². The van der Waals surface area contributed by atoms with Crippen LogP contribution in [0, 0.1) is 0 Å². The number of halogens is 1. The van der Waals surface area contributed by atoms with Gasteiger partial charge in [-0.3, -0.25) is 14.6 Å². The molecule has 2 aromatic heterocycles. The second-order valence-corrected chi connectivity index (χ2v) is 8.06. The fourth-order valence-corrected chi connectivity index (χ4v) is 3.80. The maximum atomic E-state index is 12.0. The van der Waals surface area contributed by atoms with Crippen LogP contribution in [0.25, 0.3) is 11.2 Å². The van der Waals surface area contributed by atoms with Crippen molar-refractivity contribution < 1.29 is 9.90 Å². The van der Waals surface area contributed by atoms with Gasteiger partial charge in [0.1, 0.15) is 0 Å². The van der Waals surface area contributed by atoms with Crippen LogP contribution < -0.4 is 5.56 Å². The zero-order chi connectivity index (χ0) is 20.9. The lowest BCUT2D eigenvalue weighted by Gasteiger charge is -2.05. The third kappa shape index (κ3) is 8.98. The lowest BCUT2D eigenvalue weighted by atomic mass is 10.0. The lowest BCUT2D eigenvalue weighted by Crippen LogP contribution is -2.12. The molecule has 2 N–H and O–H groups in total. The van der Waals surface area contributed by atoms with Crippen LogP contribution in [0.5, 0.6) is 0 Å². The van der Waals surface area contributed by atoms with E-state index in [2.05, 4.69) is 15.0 Å². The van der Waals surface area contributed by atoms with Gasteiger partial charge in [0, 0.05) is 13.0 Å². The molecule has 2 rings (SSSR count). The summed E-state index contributed by atoms with van der Waals surface area (Å²) in [6.07, 6.45) is 17.3. The zero-order valence-corrected chi connectivity index (χ0v) is 17.9. The summed E-state index contributed by atoms with van der Waals surface area (Å²) in [5.74, 6) is -0.682. The van der Waals surface area contributed by atoms with E-state index in [-0.39, 0.29) is 10.8 Å². The minimum atomic E-state index is -0.682. The number of nitrogens with zero attached hydrogens (tertiary/aromatic N) is 3. The molecule has 8 heteroatoms. The van der Waals surface area contributed by atoms with Crippen LogP contribution in [0.4, 0.5) is 0 Å². The number of imidazole rings is 1. The fraction of sp³-hybridized carbons (Fsp3) is 0.714. The summed E-state index contributed by atoms with van der Waals surface area (Å²) >= 11 is 5.75. The Balaban J connectivity index is 1.42. The van der Waals surface area contributed by atoms with Crippen LogP contribution >= 0.6 is 11.6 Å². The molecule has 0 unspecified atom stereocenters. The summed E-state index contributed by atoms with van der Waals surface area (Å²) in [6.45, 7) is 0.773. The van der Waals surface area contributed by atoms with E-state index < -0.39 is 5.97 Å². The number of aromatic amines is 1. The van der Waals surface area contributed by atoms with Crippen molar-refractivity contribution in [3.63, 3.8) is 0 Å². The predicted molar refractivity (Wildman–Crippen MR) is 115 cm³/mol. The number of hydrogen-bond acceptors (Lipinski definition) is 4. The quantitative estimate of drug-likeness (QED) is 0.280. The molecule has 0 aliphatic carbocycles. The second-order valence-electron chi connectivity index (χ2n) is 7.71. The molecule has 0 bridgehead atoms. The summed E-state index contributed by atoms with van der Waals surface area (Å²) < 4.78 is 1.86.